The van der Waals surface area contributed by atoms with Crippen molar-refractivity contribution in [3.8, 4) is 5.75 Å². The Hall–Kier alpha value is -1.71. The lowest BCUT2D eigenvalue weighted by atomic mass is 10.0. The molecule has 136 valence electrons. The second kappa shape index (κ2) is 10.2. The van der Waals surface area contributed by atoms with Crippen LogP contribution in [0.3, 0.4) is 0 Å². The van der Waals surface area contributed by atoms with Crippen LogP contribution in [0.2, 0.25) is 0 Å². The van der Waals surface area contributed by atoms with Crippen LogP contribution >= 0.6 is 0 Å². The molecule has 0 unspecified atom stereocenters. The third-order valence-electron chi connectivity index (χ3n) is 4.12. The van der Waals surface area contributed by atoms with Crippen LogP contribution in [0.15, 0.2) is 24.3 Å². The monoisotopic (exact) mass is 335 g/mol. The molecule has 0 aliphatic rings. The molecule has 0 N–H and O–H groups in total. The first-order chi connectivity index (χ1) is 11.4. The zero-order chi connectivity index (χ0) is 18.1. The summed E-state index contributed by atoms with van der Waals surface area (Å²) >= 11 is 0. The Morgan fingerprint density at radius 1 is 1.08 bits per heavy atom. The molecule has 0 saturated carbocycles. The van der Waals surface area contributed by atoms with Gasteiger partial charge >= 0.3 is 6.09 Å². The summed E-state index contributed by atoms with van der Waals surface area (Å²) in [6, 6.07) is 8.00. The highest BCUT2D eigenvalue weighted by Crippen LogP contribution is 2.32. The van der Waals surface area contributed by atoms with Crippen LogP contribution in [0.1, 0.15) is 72.0 Å². The van der Waals surface area contributed by atoms with Crippen molar-refractivity contribution in [3.05, 3.63) is 29.8 Å². The van der Waals surface area contributed by atoms with E-state index in [1.165, 1.54) is 0 Å². The third-order valence-corrected chi connectivity index (χ3v) is 4.12. The summed E-state index contributed by atoms with van der Waals surface area (Å²) in [5.74, 6) is 0.771. The van der Waals surface area contributed by atoms with Crippen molar-refractivity contribution in [3.63, 3.8) is 0 Å². The lowest BCUT2D eigenvalue weighted by Gasteiger charge is -2.32. The fraction of sp³-hybridized carbons (Fsp3) is 0.650. The number of nitrogens with zero attached hydrogens (tertiary/aromatic N) is 1. The number of hydrogen-bond donors (Lipinski definition) is 0. The number of carbonyl (C=O) groups is 1. The zero-order valence-corrected chi connectivity index (χ0v) is 16.0. The molecule has 0 saturated heterocycles. The van der Waals surface area contributed by atoms with Crippen molar-refractivity contribution in [2.75, 3.05) is 7.11 Å². The number of ether oxygens (including phenoxy) is 2. The van der Waals surface area contributed by atoms with Gasteiger partial charge in [0.05, 0.1) is 7.11 Å². The summed E-state index contributed by atoms with van der Waals surface area (Å²) in [4.78, 5) is 14.5. The molecule has 1 amide bonds. The summed E-state index contributed by atoms with van der Waals surface area (Å²) in [6.07, 6.45) is 3.56. The molecule has 0 heterocycles. The molecule has 0 aliphatic carbocycles. The van der Waals surface area contributed by atoms with Crippen LogP contribution in [0.5, 0.6) is 5.75 Å². The van der Waals surface area contributed by atoms with Crippen LogP contribution < -0.4 is 4.74 Å². The first-order valence-electron chi connectivity index (χ1n) is 9.04. The fourth-order valence-electron chi connectivity index (χ4n) is 2.99. The highest BCUT2D eigenvalue weighted by Gasteiger charge is 2.26. The molecular formula is C20H33NO3. The van der Waals surface area contributed by atoms with Crippen LogP contribution in [-0.2, 0) is 4.74 Å². The van der Waals surface area contributed by atoms with Gasteiger partial charge < -0.3 is 14.4 Å². The second-order valence-electron chi connectivity index (χ2n) is 6.70. The minimum Gasteiger partial charge on any atom is -0.496 e. The van der Waals surface area contributed by atoms with Gasteiger partial charge in [0, 0.05) is 17.6 Å². The van der Waals surface area contributed by atoms with Crippen molar-refractivity contribution < 1.29 is 14.3 Å². The average Bonchev–Trinajstić information content (AvgIpc) is 2.53. The number of benzene rings is 1. The first kappa shape index (κ1) is 20.3. The Morgan fingerprint density at radius 3 is 2.25 bits per heavy atom. The number of methoxy groups -OCH3 is 1. The number of carbonyl (C=O) groups excluding carboxylic acids is 1. The van der Waals surface area contributed by atoms with Crippen molar-refractivity contribution >= 4 is 6.09 Å². The zero-order valence-electron chi connectivity index (χ0n) is 16.0. The standard InChI is InChI=1S/C20H33NO3/c1-7-8-9-14-19(17-12-10-11-13-18(17)23-6)24-20(22)21(15(2)3)16(4)5/h10-13,15-16,19H,7-9,14H2,1-6H3/t19-/m0/s1. The molecule has 4 nitrogen and oxygen atoms in total. The maximum Gasteiger partial charge on any atom is 0.410 e. The minimum absolute atomic E-state index is 0.103. The van der Waals surface area contributed by atoms with E-state index in [1.807, 2.05) is 52.0 Å². The third kappa shape index (κ3) is 5.73. The molecule has 0 radical (unpaired) electrons. The molecule has 1 aromatic rings. The van der Waals surface area contributed by atoms with Crippen LogP contribution in [0, 0.1) is 0 Å². The molecule has 1 atom stereocenters. The van der Waals surface area contributed by atoms with E-state index in [2.05, 4.69) is 6.92 Å². The Labute approximate surface area is 147 Å². The van der Waals surface area contributed by atoms with Gasteiger partial charge in [0.2, 0.25) is 0 Å². The van der Waals surface area contributed by atoms with Crippen molar-refractivity contribution in [2.45, 2.75) is 78.5 Å². The smallest absolute Gasteiger partial charge is 0.410 e. The van der Waals surface area contributed by atoms with Gasteiger partial charge in [-0.25, -0.2) is 4.79 Å². The molecule has 24 heavy (non-hydrogen) atoms. The maximum absolute atomic E-state index is 12.7. The van der Waals surface area contributed by atoms with E-state index in [4.69, 9.17) is 9.47 Å². The van der Waals surface area contributed by atoms with Gasteiger partial charge in [0.25, 0.3) is 0 Å². The van der Waals surface area contributed by atoms with Gasteiger partial charge in [-0.2, -0.15) is 0 Å². The van der Waals surface area contributed by atoms with Crippen molar-refractivity contribution in [1.82, 2.24) is 4.90 Å². The molecule has 4 heteroatoms. The van der Waals surface area contributed by atoms with E-state index in [-0.39, 0.29) is 24.3 Å². The first-order valence-corrected chi connectivity index (χ1v) is 9.04. The van der Waals surface area contributed by atoms with Crippen LogP contribution in [0.25, 0.3) is 0 Å². The van der Waals surface area contributed by atoms with E-state index in [0.29, 0.717) is 0 Å². The van der Waals surface area contributed by atoms with Gasteiger partial charge in [-0.15, -0.1) is 0 Å². The molecule has 0 fully saturated rings. The van der Waals surface area contributed by atoms with Gasteiger partial charge in [0.15, 0.2) is 0 Å². The van der Waals surface area contributed by atoms with Crippen molar-refractivity contribution in [1.29, 1.82) is 0 Å². The molecule has 0 aromatic heterocycles. The van der Waals surface area contributed by atoms with Gasteiger partial charge in [0.1, 0.15) is 11.9 Å². The molecule has 0 bridgehead atoms. The number of hydrogen-bond acceptors (Lipinski definition) is 3. The Morgan fingerprint density at radius 2 is 1.71 bits per heavy atom. The van der Waals surface area contributed by atoms with E-state index in [0.717, 1.165) is 37.0 Å². The summed E-state index contributed by atoms with van der Waals surface area (Å²) in [6.45, 7) is 10.2. The lowest BCUT2D eigenvalue weighted by molar-refractivity contribution is 0.0397. The topological polar surface area (TPSA) is 38.8 Å². The highest BCUT2D eigenvalue weighted by atomic mass is 16.6. The van der Waals surface area contributed by atoms with Crippen LogP contribution in [0.4, 0.5) is 4.79 Å². The highest BCUT2D eigenvalue weighted by molar-refractivity contribution is 5.68. The van der Waals surface area contributed by atoms with Crippen molar-refractivity contribution in [2.24, 2.45) is 0 Å². The predicted molar refractivity (Wildman–Crippen MR) is 98.5 cm³/mol. The predicted octanol–water partition coefficient (Wildman–Crippen LogP) is 5.57. The summed E-state index contributed by atoms with van der Waals surface area (Å²) in [5, 5.41) is 0. The molecule has 1 rings (SSSR count). The molecule has 0 aliphatic heterocycles. The summed E-state index contributed by atoms with van der Waals surface area (Å²) in [7, 11) is 1.65. The Bertz CT molecular complexity index is 491. The number of rotatable bonds is 9. The molecule has 1 aromatic carbocycles. The van der Waals surface area contributed by atoms with Crippen LogP contribution in [-0.4, -0.2) is 30.2 Å². The number of unbranched alkanes of at least 4 members (excludes halogenated alkanes) is 2. The normalized spacial score (nSPS) is 12.3. The minimum atomic E-state index is -0.278. The van der Waals surface area contributed by atoms with E-state index < -0.39 is 0 Å². The Balaban J connectivity index is 2.99. The summed E-state index contributed by atoms with van der Waals surface area (Å²) < 4.78 is 11.4. The van der Waals surface area contributed by atoms with E-state index in [1.54, 1.807) is 12.0 Å². The molecule has 0 spiro atoms. The fourth-order valence-corrected chi connectivity index (χ4v) is 2.99. The van der Waals surface area contributed by atoms with E-state index in [9.17, 15) is 4.79 Å². The van der Waals surface area contributed by atoms with Gasteiger partial charge in [-0.1, -0.05) is 38.0 Å². The number of para-hydroxylation sites is 1. The second-order valence-corrected chi connectivity index (χ2v) is 6.70. The Kier molecular flexibility index (Phi) is 8.66. The van der Waals surface area contributed by atoms with E-state index >= 15 is 0 Å². The SMILES string of the molecule is CCCCC[C@H](OC(=O)N(C(C)C)C(C)C)c1ccccc1OC. The summed E-state index contributed by atoms with van der Waals surface area (Å²) in [5.41, 5.74) is 0.942. The van der Waals surface area contributed by atoms with Gasteiger partial charge in [-0.05, 0) is 46.6 Å². The quantitative estimate of drug-likeness (QED) is 0.554. The van der Waals surface area contributed by atoms with Gasteiger partial charge in [-0.3, -0.25) is 0 Å². The molecular weight excluding hydrogens is 302 g/mol. The maximum atomic E-state index is 12.7. The average molecular weight is 335 g/mol. The lowest BCUT2D eigenvalue weighted by Crippen LogP contribution is -2.42. The number of amides is 1. The largest absolute Gasteiger partial charge is 0.496 e.